The minimum absolute atomic E-state index is 0.0320. The van der Waals surface area contributed by atoms with Gasteiger partial charge in [0.15, 0.2) is 0 Å². The van der Waals surface area contributed by atoms with Gasteiger partial charge in [-0.25, -0.2) is 4.79 Å². The van der Waals surface area contributed by atoms with Crippen LogP contribution in [-0.4, -0.2) is 95.7 Å². The Labute approximate surface area is 291 Å². The minimum Gasteiger partial charge on any atom is -0.493 e. The Bertz CT molecular complexity index is 1670. The molecule has 0 bridgehead atoms. The Morgan fingerprint density at radius 1 is 0.812 bits per heavy atom. The fourth-order valence-corrected chi connectivity index (χ4v) is 6.97. The van der Waals surface area contributed by atoms with Crippen molar-refractivity contribution in [1.82, 2.24) is 19.6 Å². The van der Waals surface area contributed by atoms with Crippen molar-refractivity contribution < 1.29 is 19.1 Å². The highest BCUT2D eigenvalue weighted by Gasteiger charge is 2.45. The number of amidine groups is 1. The van der Waals surface area contributed by atoms with E-state index >= 15 is 0 Å². The molecule has 3 aliphatic heterocycles. The van der Waals surface area contributed by atoms with Gasteiger partial charge in [-0.2, -0.15) is 0 Å². The van der Waals surface area contributed by atoms with E-state index in [-0.39, 0.29) is 18.5 Å². The molecule has 0 saturated carbocycles. The van der Waals surface area contributed by atoms with E-state index in [1.165, 1.54) is 0 Å². The van der Waals surface area contributed by atoms with Crippen LogP contribution in [0.2, 0.25) is 10.0 Å². The van der Waals surface area contributed by atoms with Gasteiger partial charge >= 0.3 is 6.03 Å². The maximum Gasteiger partial charge on any atom is 0.326 e. The second kappa shape index (κ2) is 15.0. The highest BCUT2D eigenvalue weighted by atomic mass is 35.5. The molecule has 0 radical (unpaired) electrons. The summed E-state index contributed by atoms with van der Waals surface area (Å²) in [6.45, 7) is 5.71. The molecule has 2 atom stereocenters. The van der Waals surface area contributed by atoms with Gasteiger partial charge in [-0.1, -0.05) is 47.5 Å². The standard InChI is InChI=1S/C36H40Cl2N6O4/c1-2-48-30-22-26(35(46)42-16-4-3-5-17-42)10-15-29(30)34-40-32(24-6-11-27(37)12-7-24)33(25-8-13-28(38)14-9-25)44(34)36(47)43-20-18-41(19-21-43)23-31(39)45/h6-15,22,32-33H,2-5,16-21,23H2,1H3,(H2,39,45)/t32-,33+/m0/s1. The van der Waals surface area contributed by atoms with Crippen LogP contribution in [0, 0.1) is 0 Å². The number of aliphatic imine (C=N–C) groups is 1. The summed E-state index contributed by atoms with van der Waals surface area (Å²) in [5, 5.41) is 1.18. The minimum atomic E-state index is -0.529. The number of hydrogen-bond acceptors (Lipinski definition) is 6. The summed E-state index contributed by atoms with van der Waals surface area (Å²) < 4.78 is 6.18. The summed E-state index contributed by atoms with van der Waals surface area (Å²) in [4.78, 5) is 52.5. The smallest absolute Gasteiger partial charge is 0.326 e. The van der Waals surface area contributed by atoms with Crippen molar-refractivity contribution in [2.24, 2.45) is 10.7 Å². The third-order valence-corrected chi connectivity index (χ3v) is 9.63. The van der Waals surface area contributed by atoms with E-state index in [1.54, 1.807) is 21.9 Å². The molecule has 0 unspecified atom stereocenters. The van der Waals surface area contributed by atoms with Crippen molar-refractivity contribution in [1.29, 1.82) is 0 Å². The zero-order valence-corrected chi connectivity index (χ0v) is 28.5. The van der Waals surface area contributed by atoms with E-state index in [4.69, 9.17) is 38.7 Å². The van der Waals surface area contributed by atoms with Crippen molar-refractivity contribution in [3.8, 4) is 5.75 Å². The summed E-state index contributed by atoms with van der Waals surface area (Å²) >= 11 is 12.6. The molecule has 0 spiro atoms. The van der Waals surface area contributed by atoms with E-state index < -0.39 is 18.0 Å². The Kier molecular flexibility index (Phi) is 10.5. The number of piperidine rings is 1. The number of hydrogen-bond donors (Lipinski definition) is 1. The Morgan fingerprint density at radius 2 is 1.44 bits per heavy atom. The second-order valence-electron chi connectivity index (χ2n) is 12.3. The van der Waals surface area contributed by atoms with E-state index in [2.05, 4.69) is 0 Å². The van der Waals surface area contributed by atoms with Crippen LogP contribution in [0.25, 0.3) is 0 Å². The van der Waals surface area contributed by atoms with Crippen LogP contribution in [0.15, 0.2) is 71.7 Å². The molecular weight excluding hydrogens is 651 g/mol. The topological polar surface area (TPSA) is 112 Å². The van der Waals surface area contributed by atoms with Gasteiger partial charge < -0.3 is 20.3 Å². The van der Waals surface area contributed by atoms with E-state index in [1.807, 2.05) is 71.3 Å². The first-order chi connectivity index (χ1) is 23.2. The Hall–Kier alpha value is -4.12. The van der Waals surface area contributed by atoms with Crippen LogP contribution in [0.3, 0.4) is 0 Å². The molecular formula is C36H40Cl2N6O4. The zero-order chi connectivity index (χ0) is 33.8. The number of nitrogens with two attached hydrogens (primary N) is 1. The van der Waals surface area contributed by atoms with Gasteiger partial charge in [0.1, 0.15) is 17.6 Å². The van der Waals surface area contributed by atoms with E-state index in [9.17, 15) is 14.4 Å². The number of carbonyl (C=O) groups is 3. The van der Waals surface area contributed by atoms with E-state index in [0.717, 1.165) is 43.5 Å². The number of rotatable bonds is 8. The average Bonchev–Trinajstić information content (AvgIpc) is 3.49. The number of nitrogens with zero attached hydrogens (tertiary/aromatic N) is 5. The second-order valence-corrected chi connectivity index (χ2v) is 13.2. The predicted molar refractivity (Wildman–Crippen MR) is 187 cm³/mol. The van der Waals surface area contributed by atoms with Crippen LogP contribution in [0.5, 0.6) is 5.75 Å². The highest BCUT2D eigenvalue weighted by molar-refractivity contribution is 6.30. The summed E-state index contributed by atoms with van der Waals surface area (Å²) in [6.07, 6.45) is 3.11. The largest absolute Gasteiger partial charge is 0.493 e. The normalized spacial score (nSPS) is 20.1. The fraction of sp³-hybridized carbons (Fsp3) is 0.389. The SMILES string of the molecule is CCOc1cc(C(=O)N2CCCCC2)ccc1C1=N[C@@H](c2ccc(Cl)cc2)[C@@H](c2ccc(Cl)cc2)N1C(=O)N1CCN(CC(N)=O)CC1. The highest BCUT2D eigenvalue weighted by Crippen LogP contribution is 2.45. The predicted octanol–water partition coefficient (Wildman–Crippen LogP) is 5.79. The molecule has 10 nitrogen and oxygen atoms in total. The molecule has 4 amide bonds. The van der Waals surface area contributed by atoms with Gasteiger partial charge in [-0.15, -0.1) is 0 Å². The van der Waals surface area contributed by atoms with Gasteiger partial charge in [0.2, 0.25) is 5.91 Å². The number of carbonyl (C=O) groups excluding carboxylic acids is 3. The van der Waals surface area contributed by atoms with Crippen LogP contribution >= 0.6 is 23.2 Å². The van der Waals surface area contributed by atoms with Gasteiger partial charge in [0, 0.05) is 54.9 Å². The number of urea groups is 1. The molecule has 2 N–H and O–H groups in total. The first-order valence-electron chi connectivity index (χ1n) is 16.5. The molecule has 48 heavy (non-hydrogen) atoms. The molecule has 0 aromatic heterocycles. The molecule has 3 heterocycles. The molecule has 3 aromatic carbocycles. The average molecular weight is 692 g/mol. The summed E-state index contributed by atoms with van der Waals surface area (Å²) in [6, 6.07) is 19.1. The lowest BCUT2D eigenvalue weighted by Crippen LogP contribution is -2.55. The lowest BCUT2D eigenvalue weighted by atomic mass is 9.93. The monoisotopic (exact) mass is 690 g/mol. The molecule has 3 aliphatic rings. The quantitative estimate of drug-likeness (QED) is 0.322. The number of ether oxygens (including phenoxy) is 1. The molecule has 12 heteroatoms. The van der Waals surface area contributed by atoms with Crippen molar-refractivity contribution in [3.05, 3.63) is 99.0 Å². The lowest BCUT2D eigenvalue weighted by Gasteiger charge is -2.38. The maximum absolute atomic E-state index is 14.8. The third kappa shape index (κ3) is 7.31. The molecule has 2 saturated heterocycles. The van der Waals surface area contributed by atoms with Crippen molar-refractivity contribution >= 4 is 46.9 Å². The van der Waals surface area contributed by atoms with Gasteiger partial charge in [-0.3, -0.25) is 24.4 Å². The van der Waals surface area contributed by atoms with Crippen LogP contribution < -0.4 is 10.5 Å². The Morgan fingerprint density at radius 3 is 2.04 bits per heavy atom. The van der Waals surface area contributed by atoms with Gasteiger partial charge in [0.05, 0.1) is 24.8 Å². The summed E-state index contributed by atoms with van der Waals surface area (Å²) in [7, 11) is 0. The number of benzene rings is 3. The summed E-state index contributed by atoms with van der Waals surface area (Å²) in [5.41, 5.74) is 8.33. The van der Waals surface area contributed by atoms with Crippen LogP contribution in [0.1, 0.15) is 65.3 Å². The number of piperazine rings is 1. The number of primary amides is 1. The fourth-order valence-electron chi connectivity index (χ4n) is 6.72. The summed E-state index contributed by atoms with van der Waals surface area (Å²) in [5.74, 6) is 0.494. The molecule has 6 rings (SSSR count). The number of halogens is 2. The maximum atomic E-state index is 14.8. The number of amides is 4. The first-order valence-corrected chi connectivity index (χ1v) is 17.2. The molecule has 2 fully saturated rings. The van der Waals surface area contributed by atoms with Crippen LogP contribution in [-0.2, 0) is 4.79 Å². The van der Waals surface area contributed by atoms with Crippen LogP contribution in [0.4, 0.5) is 4.79 Å². The van der Waals surface area contributed by atoms with Gasteiger partial charge in [0.25, 0.3) is 5.91 Å². The van der Waals surface area contributed by atoms with Crippen molar-refractivity contribution in [2.45, 2.75) is 38.3 Å². The molecule has 3 aromatic rings. The van der Waals surface area contributed by atoms with Crippen molar-refractivity contribution in [3.63, 3.8) is 0 Å². The first kappa shape index (κ1) is 33.8. The van der Waals surface area contributed by atoms with E-state index in [0.29, 0.717) is 65.5 Å². The third-order valence-electron chi connectivity index (χ3n) is 9.13. The molecule has 252 valence electrons. The lowest BCUT2D eigenvalue weighted by molar-refractivity contribution is -0.119. The van der Waals surface area contributed by atoms with Gasteiger partial charge in [-0.05, 0) is 79.8 Å². The Balaban J connectivity index is 1.44. The van der Waals surface area contributed by atoms with Crippen molar-refractivity contribution in [2.75, 3.05) is 52.4 Å². The number of likely N-dealkylation sites (tertiary alicyclic amines) is 1. The molecule has 0 aliphatic carbocycles. The zero-order valence-electron chi connectivity index (χ0n) is 27.0.